The van der Waals surface area contributed by atoms with Crippen molar-refractivity contribution in [3.8, 4) is 0 Å². The lowest BCUT2D eigenvalue weighted by atomic mass is 10.0. The Balaban J connectivity index is 2.25. The molecule has 0 spiro atoms. The SMILES string of the molecule is CC(N)Cc1c(F)cccc1N(C)Cc1ccncc1. The number of nitrogens with two attached hydrogens (primary N) is 1. The fourth-order valence-electron chi connectivity index (χ4n) is 2.28. The molecule has 0 bridgehead atoms. The van der Waals surface area contributed by atoms with Crippen LogP contribution in [-0.4, -0.2) is 18.1 Å². The number of aromatic nitrogens is 1. The molecular weight excluding hydrogens is 253 g/mol. The van der Waals surface area contributed by atoms with E-state index in [0.717, 1.165) is 11.3 Å². The highest BCUT2D eigenvalue weighted by Crippen LogP contribution is 2.24. The Labute approximate surface area is 119 Å². The van der Waals surface area contributed by atoms with Gasteiger partial charge >= 0.3 is 0 Å². The smallest absolute Gasteiger partial charge is 0.128 e. The molecule has 0 saturated heterocycles. The molecule has 1 heterocycles. The molecule has 0 aliphatic heterocycles. The number of halogens is 1. The van der Waals surface area contributed by atoms with E-state index in [-0.39, 0.29) is 11.9 Å². The van der Waals surface area contributed by atoms with Crippen LogP contribution in [0.15, 0.2) is 42.7 Å². The van der Waals surface area contributed by atoms with E-state index in [0.29, 0.717) is 18.5 Å². The van der Waals surface area contributed by atoms with Crippen LogP contribution in [-0.2, 0) is 13.0 Å². The van der Waals surface area contributed by atoms with Crippen LogP contribution in [0.1, 0.15) is 18.1 Å². The van der Waals surface area contributed by atoms with Crippen LogP contribution in [0.25, 0.3) is 0 Å². The maximum atomic E-state index is 14.0. The third-order valence-electron chi connectivity index (χ3n) is 3.20. The van der Waals surface area contributed by atoms with Crippen molar-refractivity contribution in [1.29, 1.82) is 0 Å². The highest BCUT2D eigenvalue weighted by Gasteiger charge is 2.13. The fourth-order valence-corrected chi connectivity index (χ4v) is 2.28. The summed E-state index contributed by atoms with van der Waals surface area (Å²) in [5, 5.41) is 0. The molecule has 1 aromatic heterocycles. The molecule has 2 aromatic rings. The van der Waals surface area contributed by atoms with E-state index in [4.69, 9.17) is 5.73 Å². The van der Waals surface area contributed by atoms with Crippen LogP contribution in [0, 0.1) is 5.82 Å². The number of anilines is 1. The standard InChI is InChI=1S/C16H20FN3/c1-12(18)10-14-15(17)4-3-5-16(14)20(2)11-13-6-8-19-9-7-13/h3-9,12H,10-11,18H2,1-2H3. The van der Waals surface area contributed by atoms with E-state index in [9.17, 15) is 4.39 Å². The number of pyridine rings is 1. The minimum Gasteiger partial charge on any atom is -0.370 e. The number of hydrogen-bond acceptors (Lipinski definition) is 3. The van der Waals surface area contributed by atoms with Gasteiger partial charge in [-0.2, -0.15) is 0 Å². The fraction of sp³-hybridized carbons (Fsp3) is 0.312. The Hall–Kier alpha value is -1.94. The molecule has 0 aliphatic carbocycles. The van der Waals surface area contributed by atoms with Crippen LogP contribution in [0.3, 0.4) is 0 Å². The topological polar surface area (TPSA) is 42.1 Å². The lowest BCUT2D eigenvalue weighted by Gasteiger charge is -2.23. The van der Waals surface area contributed by atoms with Crippen molar-refractivity contribution in [3.63, 3.8) is 0 Å². The Morgan fingerprint density at radius 3 is 2.60 bits per heavy atom. The summed E-state index contributed by atoms with van der Waals surface area (Å²) in [5.41, 5.74) is 8.53. The predicted molar refractivity (Wildman–Crippen MR) is 80.1 cm³/mol. The Morgan fingerprint density at radius 2 is 1.95 bits per heavy atom. The molecule has 1 aromatic carbocycles. The summed E-state index contributed by atoms with van der Waals surface area (Å²) in [6.45, 7) is 2.59. The van der Waals surface area contributed by atoms with Gasteiger partial charge in [0.05, 0.1) is 0 Å². The minimum absolute atomic E-state index is 0.0695. The van der Waals surface area contributed by atoms with Gasteiger partial charge in [0, 0.05) is 43.3 Å². The van der Waals surface area contributed by atoms with Gasteiger partial charge in [0.25, 0.3) is 0 Å². The van der Waals surface area contributed by atoms with E-state index in [1.54, 1.807) is 18.5 Å². The van der Waals surface area contributed by atoms with Gasteiger partial charge in [-0.3, -0.25) is 4.98 Å². The third-order valence-corrected chi connectivity index (χ3v) is 3.20. The Bertz CT molecular complexity index is 555. The van der Waals surface area contributed by atoms with E-state index in [2.05, 4.69) is 4.98 Å². The zero-order valence-electron chi connectivity index (χ0n) is 11.9. The summed E-state index contributed by atoms with van der Waals surface area (Å²) < 4.78 is 14.0. The van der Waals surface area contributed by atoms with Gasteiger partial charge < -0.3 is 10.6 Å². The first-order chi connectivity index (χ1) is 9.58. The molecule has 106 valence electrons. The van der Waals surface area contributed by atoms with Crippen LogP contribution in [0.2, 0.25) is 0 Å². The first-order valence-corrected chi connectivity index (χ1v) is 6.71. The highest BCUT2D eigenvalue weighted by molar-refractivity contribution is 5.54. The minimum atomic E-state index is -0.193. The summed E-state index contributed by atoms with van der Waals surface area (Å²) in [6.07, 6.45) is 4.05. The normalized spacial score (nSPS) is 12.2. The van der Waals surface area contributed by atoms with Crippen molar-refractivity contribution >= 4 is 5.69 Å². The third kappa shape index (κ3) is 3.54. The molecule has 0 radical (unpaired) electrons. The monoisotopic (exact) mass is 273 g/mol. The molecule has 2 N–H and O–H groups in total. The molecule has 0 fully saturated rings. The van der Waals surface area contributed by atoms with Gasteiger partial charge in [-0.1, -0.05) is 6.07 Å². The molecule has 2 rings (SSSR count). The molecule has 1 atom stereocenters. The zero-order chi connectivity index (χ0) is 14.5. The summed E-state index contributed by atoms with van der Waals surface area (Å²) in [5.74, 6) is -0.193. The Kier molecular flexibility index (Phi) is 4.69. The highest BCUT2D eigenvalue weighted by atomic mass is 19.1. The van der Waals surface area contributed by atoms with Gasteiger partial charge in [0.2, 0.25) is 0 Å². The molecule has 20 heavy (non-hydrogen) atoms. The molecule has 3 nitrogen and oxygen atoms in total. The first kappa shape index (κ1) is 14.5. The van der Waals surface area contributed by atoms with Gasteiger partial charge in [0.15, 0.2) is 0 Å². The molecule has 0 saturated carbocycles. The number of rotatable bonds is 5. The van der Waals surface area contributed by atoms with E-state index < -0.39 is 0 Å². The average Bonchev–Trinajstić information content (AvgIpc) is 2.41. The van der Waals surface area contributed by atoms with Crippen molar-refractivity contribution in [1.82, 2.24) is 4.98 Å². The average molecular weight is 273 g/mol. The molecule has 0 aliphatic rings. The van der Waals surface area contributed by atoms with Crippen molar-refractivity contribution in [2.45, 2.75) is 25.9 Å². The maximum absolute atomic E-state index is 14.0. The second-order valence-corrected chi connectivity index (χ2v) is 5.13. The van der Waals surface area contributed by atoms with E-state index in [1.807, 2.05) is 37.1 Å². The lowest BCUT2D eigenvalue weighted by Crippen LogP contribution is -2.23. The van der Waals surface area contributed by atoms with Crippen LogP contribution in [0.4, 0.5) is 10.1 Å². The van der Waals surface area contributed by atoms with Crippen molar-refractivity contribution in [2.75, 3.05) is 11.9 Å². The molecular formula is C16H20FN3. The number of hydrogen-bond donors (Lipinski definition) is 1. The second kappa shape index (κ2) is 6.48. The lowest BCUT2D eigenvalue weighted by molar-refractivity contribution is 0.595. The molecule has 1 unspecified atom stereocenters. The maximum Gasteiger partial charge on any atom is 0.128 e. The Morgan fingerprint density at radius 1 is 1.25 bits per heavy atom. The summed E-state index contributed by atoms with van der Waals surface area (Å²) in [7, 11) is 1.96. The van der Waals surface area contributed by atoms with Gasteiger partial charge in [0.1, 0.15) is 5.82 Å². The van der Waals surface area contributed by atoms with Crippen molar-refractivity contribution in [2.24, 2.45) is 5.73 Å². The van der Waals surface area contributed by atoms with Crippen molar-refractivity contribution in [3.05, 3.63) is 59.7 Å². The summed E-state index contributed by atoms with van der Waals surface area (Å²) in [6, 6.07) is 9.00. The van der Waals surface area contributed by atoms with E-state index in [1.165, 1.54) is 6.07 Å². The summed E-state index contributed by atoms with van der Waals surface area (Å²) in [4.78, 5) is 6.04. The van der Waals surface area contributed by atoms with Crippen LogP contribution < -0.4 is 10.6 Å². The molecule has 0 amide bonds. The second-order valence-electron chi connectivity index (χ2n) is 5.13. The quantitative estimate of drug-likeness (QED) is 0.911. The van der Waals surface area contributed by atoms with Gasteiger partial charge in [-0.05, 0) is 43.2 Å². The van der Waals surface area contributed by atoms with Gasteiger partial charge in [-0.25, -0.2) is 4.39 Å². The van der Waals surface area contributed by atoms with E-state index >= 15 is 0 Å². The van der Waals surface area contributed by atoms with Gasteiger partial charge in [-0.15, -0.1) is 0 Å². The number of benzene rings is 1. The van der Waals surface area contributed by atoms with Crippen LogP contribution in [0.5, 0.6) is 0 Å². The summed E-state index contributed by atoms with van der Waals surface area (Å²) >= 11 is 0. The zero-order valence-corrected chi connectivity index (χ0v) is 11.9. The number of nitrogens with zero attached hydrogens (tertiary/aromatic N) is 2. The predicted octanol–water partition coefficient (Wildman–Crippen LogP) is 2.75. The van der Waals surface area contributed by atoms with Crippen LogP contribution >= 0.6 is 0 Å². The molecule has 4 heteroatoms. The van der Waals surface area contributed by atoms with Crippen molar-refractivity contribution < 1.29 is 4.39 Å². The first-order valence-electron chi connectivity index (χ1n) is 6.71. The largest absolute Gasteiger partial charge is 0.370 e.